The predicted octanol–water partition coefficient (Wildman–Crippen LogP) is 6.96. The molecule has 2 aliphatic carbocycles. The maximum atomic E-state index is 3.38. The topological polar surface area (TPSA) is 24.1 Å². The highest BCUT2D eigenvalue weighted by Crippen LogP contribution is 2.37. The largest absolute Gasteiger partial charge is 0.313 e. The second kappa shape index (κ2) is 11.4. The minimum atomic E-state index is 0. The summed E-state index contributed by atoms with van der Waals surface area (Å²) in [5, 5.41) is 6.76. The number of nitrogens with one attached hydrogen (secondary N) is 2. The first-order chi connectivity index (χ1) is 12.7. The van der Waals surface area contributed by atoms with Gasteiger partial charge in [-0.3, -0.25) is 0 Å². The smallest absolute Gasteiger partial charge is 0.0320 e. The normalized spacial score (nSPS) is 25.0. The Labute approximate surface area is 174 Å². The third-order valence-electron chi connectivity index (χ3n) is 6.28. The molecule has 4 rings (SSSR count). The van der Waals surface area contributed by atoms with E-state index in [4.69, 9.17) is 0 Å². The molecular weight excluding hydrogens is 340 g/mol. The van der Waals surface area contributed by atoms with Gasteiger partial charge in [-0.05, 0) is 73.9 Å². The third-order valence-corrected chi connectivity index (χ3v) is 6.28. The van der Waals surface area contributed by atoms with Crippen LogP contribution in [0.1, 0.15) is 101 Å². The first kappa shape index (κ1) is 24.4. The third kappa shape index (κ3) is 5.24. The van der Waals surface area contributed by atoms with Crippen LogP contribution in [0.15, 0.2) is 48.5 Å². The van der Waals surface area contributed by atoms with Gasteiger partial charge in [0.15, 0.2) is 0 Å². The van der Waals surface area contributed by atoms with Crippen LogP contribution in [0, 0.1) is 0 Å². The Bertz CT molecular complexity index is 648. The Kier molecular flexibility index (Phi) is 9.92. The van der Waals surface area contributed by atoms with Crippen molar-refractivity contribution in [3.05, 3.63) is 70.8 Å². The molecule has 0 spiro atoms. The van der Waals surface area contributed by atoms with Gasteiger partial charge in [-0.2, -0.15) is 0 Å². The van der Waals surface area contributed by atoms with E-state index in [9.17, 15) is 0 Å². The summed E-state index contributed by atoms with van der Waals surface area (Å²) in [5.74, 6) is 1.47. The summed E-state index contributed by atoms with van der Waals surface area (Å²) < 4.78 is 0. The Balaban J connectivity index is 0.000000261. The first-order valence-corrected chi connectivity index (χ1v) is 10.2. The van der Waals surface area contributed by atoms with Crippen molar-refractivity contribution in [1.82, 2.24) is 10.6 Å². The van der Waals surface area contributed by atoms with E-state index in [-0.39, 0.29) is 14.9 Å². The van der Waals surface area contributed by atoms with E-state index in [0.29, 0.717) is 12.1 Å². The van der Waals surface area contributed by atoms with E-state index in [1.54, 1.807) is 0 Å². The highest BCUT2D eigenvalue weighted by Gasteiger charge is 2.23. The monoisotopic (exact) mass is 382 g/mol. The molecule has 0 unspecified atom stereocenters. The van der Waals surface area contributed by atoms with E-state index in [0.717, 1.165) is 11.8 Å². The lowest BCUT2D eigenvalue weighted by Gasteiger charge is -2.29. The van der Waals surface area contributed by atoms with Gasteiger partial charge in [0.25, 0.3) is 0 Å². The molecule has 0 amide bonds. The van der Waals surface area contributed by atoms with E-state index in [1.165, 1.54) is 47.9 Å². The van der Waals surface area contributed by atoms with Crippen molar-refractivity contribution in [3.8, 4) is 0 Å². The van der Waals surface area contributed by atoms with E-state index >= 15 is 0 Å². The summed E-state index contributed by atoms with van der Waals surface area (Å²) in [6, 6.07) is 18.8. The molecule has 0 fully saturated rings. The van der Waals surface area contributed by atoms with E-state index in [1.807, 2.05) is 0 Å². The summed E-state index contributed by atoms with van der Waals surface area (Å²) in [6.07, 6.45) is 5.16. The van der Waals surface area contributed by atoms with Gasteiger partial charge < -0.3 is 10.6 Å². The van der Waals surface area contributed by atoms with Crippen LogP contribution >= 0.6 is 0 Å². The lowest BCUT2D eigenvalue weighted by molar-refractivity contribution is 0.460. The summed E-state index contributed by atoms with van der Waals surface area (Å²) in [4.78, 5) is 0. The number of rotatable bonds is 2. The number of benzene rings is 2. The molecule has 0 aliphatic heterocycles. The van der Waals surface area contributed by atoms with Crippen molar-refractivity contribution in [3.63, 3.8) is 0 Å². The van der Waals surface area contributed by atoms with Gasteiger partial charge in [0, 0.05) is 12.1 Å². The van der Waals surface area contributed by atoms with Crippen LogP contribution in [0.4, 0.5) is 0 Å². The van der Waals surface area contributed by atoms with Crippen LogP contribution in [0.25, 0.3) is 0 Å². The number of fused-ring (bicyclic) bond motifs is 2. The Morgan fingerprint density at radius 1 is 0.571 bits per heavy atom. The second-order valence-corrected chi connectivity index (χ2v) is 7.90. The molecule has 0 saturated heterocycles. The van der Waals surface area contributed by atoms with Gasteiger partial charge in [0.05, 0.1) is 0 Å². The zero-order valence-corrected chi connectivity index (χ0v) is 16.8. The van der Waals surface area contributed by atoms with Gasteiger partial charge in [0.1, 0.15) is 0 Å². The van der Waals surface area contributed by atoms with Gasteiger partial charge >= 0.3 is 0 Å². The second-order valence-electron chi connectivity index (χ2n) is 7.90. The Morgan fingerprint density at radius 2 is 0.893 bits per heavy atom. The SMILES string of the molecule is C.C.CN[C@@H]1CC[C@H](C)c2ccccc21.CN[C@H]1CC[C@@H](C)c2ccccc21. The quantitative estimate of drug-likeness (QED) is 0.586. The molecule has 2 heteroatoms. The molecule has 2 aromatic carbocycles. The fourth-order valence-electron chi connectivity index (χ4n) is 4.61. The lowest BCUT2D eigenvalue weighted by Crippen LogP contribution is -2.22. The van der Waals surface area contributed by atoms with Crippen LogP contribution in [-0.2, 0) is 0 Å². The maximum Gasteiger partial charge on any atom is 0.0320 e. The summed E-state index contributed by atoms with van der Waals surface area (Å²) in [7, 11) is 4.11. The minimum absolute atomic E-state index is 0. The lowest BCUT2D eigenvalue weighted by atomic mass is 9.81. The molecule has 0 heterocycles. The molecule has 0 aromatic heterocycles. The standard InChI is InChI=1S/2C12H17N.2CH4/c2*1-9-7-8-12(13-2)11-6-4-3-5-10(9)11;;/h2*3-6,9,12-13H,7-8H2,1-2H3;2*1H4/t2*9-,12+;;/m10../s1. The van der Waals surface area contributed by atoms with Crippen molar-refractivity contribution in [2.24, 2.45) is 0 Å². The van der Waals surface area contributed by atoms with Crippen LogP contribution in [0.5, 0.6) is 0 Å². The minimum Gasteiger partial charge on any atom is -0.313 e. The summed E-state index contributed by atoms with van der Waals surface area (Å²) in [6.45, 7) is 4.65. The predicted molar refractivity (Wildman–Crippen MR) is 125 cm³/mol. The summed E-state index contributed by atoms with van der Waals surface area (Å²) >= 11 is 0. The van der Waals surface area contributed by atoms with Crippen molar-refractivity contribution in [1.29, 1.82) is 0 Å². The van der Waals surface area contributed by atoms with Gasteiger partial charge in [0.2, 0.25) is 0 Å². The maximum absolute atomic E-state index is 3.38. The Morgan fingerprint density at radius 3 is 1.21 bits per heavy atom. The van der Waals surface area contributed by atoms with Crippen molar-refractivity contribution < 1.29 is 0 Å². The molecule has 156 valence electrons. The van der Waals surface area contributed by atoms with Crippen molar-refractivity contribution in [2.75, 3.05) is 14.1 Å². The molecule has 2 N–H and O–H groups in total. The fourth-order valence-corrected chi connectivity index (χ4v) is 4.61. The fraction of sp³-hybridized carbons (Fsp3) is 0.538. The van der Waals surface area contributed by atoms with Crippen LogP contribution in [-0.4, -0.2) is 14.1 Å². The van der Waals surface area contributed by atoms with Crippen LogP contribution in [0.3, 0.4) is 0 Å². The Hall–Kier alpha value is -1.64. The van der Waals surface area contributed by atoms with Crippen molar-refractivity contribution in [2.45, 2.75) is 78.3 Å². The molecule has 2 aromatic rings. The van der Waals surface area contributed by atoms with Crippen LogP contribution in [0.2, 0.25) is 0 Å². The zero-order chi connectivity index (χ0) is 18.5. The molecule has 0 bridgehead atoms. The molecule has 0 radical (unpaired) electrons. The zero-order valence-electron chi connectivity index (χ0n) is 16.8. The molecule has 0 saturated carbocycles. The number of hydrogen-bond acceptors (Lipinski definition) is 2. The van der Waals surface area contributed by atoms with Gasteiger partial charge in [-0.25, -0.2) is 0 Å². The van der Waals surface area contributed by atoms with Crippen molar-refractivity contribution >= 4 is 0 Å². The molecule has 4 atom stereocenters. The highest BCUT2D eigenvalue weighted by atomic mass is 14.9. The van der Waals surface area contributed by atoms with E-state index < -0.39 is 0 Å². The van der Waals surface area contributed by atoms with Gasteiger partial charge in [-0.1, -0.05) is 77.2 Å². The first-order valence-electron chi connectivity index (χ1n) is 10.2. The highest BCUT2D eigenvalue weighted by molar-refractivity contribution is 5.35. The summed E-state index contributed by atoms with van der Waals surface area (Å²) in [5.41, 5.74) is 6.08. The molecule has 28 heavy (non-hydrogen) atoms. The van der Waals surface area contributed by atoms with Crippen LogP contribution < -0.4 is 10.6 Å². The molecule has 2 nitrogen and oxygen atoms in total. The molecular formula is C26H42N2. The molecule has 2 aliphatic rings. The average Bonchev–Trinajstić information content (AvgIpc) is 2.70. The number of hydrogen-bond donors (Lipinski definition) is 2. The van der Waals surface area contributed by atoms with E-state index in [2.05, 4.69) is 87.1 Å². The van der Waals surface area contributed by atoms with Gasteiger partial charge in [-0.15, -0.1) is 0 Å². The average molecular weight is 383 g/mol.